The van der Waals surface area contributed by atoms with Crippen LogP contribution in [-0.4, -0.2) is 24.0 Å². The summed E-state index contributed by atoms with van der Waals surface area (Å²) in [5, 5.41) is 6.17. The van der Waals surface area contributed by atoms with E-state index in [1.807, 2.05) is 12.1 Å². The van der Waals surface area contributed by atoms with E-state index in [0.29, 0.717) is 13.0 Å². The maximum Gasteiger partial charge on any atom is 0.221 e. The lowest BCUT2D eigenvalue weighted by molar-refractivity contribution is -0.121. The fourth-order valence-corrected chi connectivity index (χ4v) is 1.62. The van der Waals surface area contributed by atoms with Gasteiger partial charge in [-0.15, -0.1) is 0 Å². The first-order valence-corrected chi connectivity index (χ1v) is 6.69. The van der Waals surface area contributed by atoms with Crippen molar-refractivity contribution in [3.8, 4) is 0 Å². The summed E-state index contributed by atoms with van der Waals surface area (Å²) in [6.45, 7) is 4.53. The molecule has 0 saturated carbocycles. The number of carbonyl (C=O) groups is 1. The van der Waals surface area contributed by atoms with Gasteiger partial charge in [-0.3, -0.25) is 9.78 Å². The monoisotopic (exact) mass is 249 g/mol. The minimum absolute atomic E-state index is 0.0924. The van der Waals surface area contributed by atoms with Gasteiger partial charge in [0, 0.05) is 31.9 Å². The number of hydrogen-bond donors (Lipinski definition) is 2. The van der Waals surface area contributed by atoms with Gasteiger partial charge in [0.15, 0.2) is 0 Å². The molecule has 0 atom stereocenters. The van der Waals surface area contributed by atoms with Crippen LogP contribution in [0.25, 0.3) is 0 Å². The number of unbranched alkanes of at least 4 members (excludes halogenated alkanes) is 2. The average molecular weight is 249 g/mol. The van der Waals surface area contributed by atoms with E-state index >= 15 is 0 Å². The molecule has 0 bridgehead atoms. The summed E-state index contributed by atoms with van der Waals surface area (Å²) in [7, 11) is 0. The largest absolute Gasteiger partial charge is 0.352 e. The first-order valence-electron chi connectivity index (χ1n) is 6.69. The van der Waals surface area contributed by atoms with Gasteiger partial charge in [0.25, 0.3) is 0 Å². The van der Waals surface area contributed by atoms with Crippen molar-refractivity contribution < 1.29 is 4.79 Å². The Hall–Kier alpha value is -1.42. The normalized spacial score (nSPS) is 10.3. The Morgan fingerprint density at radius 2 is 2.00 bits per heavy atom. The maximum absolute atomic E-state index is 11.5. The number of rotatable bonds is 9. The molecule has 0 aliphatic heterocycles. The highest BCUT2D eigenvalue weighted by molar-refractivity contribution is 5.76. The van der Waals surface area contributed by atoms with Crippen molar-refractivity contribution in [2.45, 2.75) is 39.2 Å². The minimum atomic E-state index is 0.0924. The Labute approximate surface area is 109 Å². The number of carbonyl (C=O) groups excluding carboxylic acids is 1. The number of pyridine rings is 1. The Morgan fingerprint density at radius 1 is 1.22 bits per heavy atom. The SMILES string of the molecule is CCCCCNCCC(=O)NCc1ccncc1. The van der Waals surface area contributed by atoms with Crippen LogP contribution < -0.4 is 10.6 Å². The predicted molar refractivity (Wildman–Crippen MR) is 73.1 cm³/mol. The van der Waals surface area contributed by atoms with Crippen LogP contribution in [0.1, 0.15) is 38.2 Å². The predicted octanol–water partition coefficient (Wildman–Crippen LogP) is 1.87. The quantitative estimate of drug-likeness (QED) is 0.657. The molecule has 0 unspecified atom stereocenters. The lowest BCUT2D eigenvalue weighted by Gasteiger charge is -2.06. The van der Waals surface area contributed by atoms with Crippen LogP contribution in [0.15, 0.2) is 24.5 Å². The summed E-state index contributed by atoms with van der Waals surface area (Å²) in [6.07, 6.45) is 7.68. The van der Waals surface area contributed by atoms with Crippen LogP contribution in [0.4, 0.5) is 0 Å². The molecule has 1 amide bonds. The summed E-state index contributed by atoms with van der Waals surface area (Å²) >= 11 is 0. The molecule has 0 fully saturated rings. The molecule has 0 aliphatic rings. The fourth-order valence-electron chi connectivity index (χ4n) is 1.62. The van der Waals surface area contributed by atoms with Crippen LogP contribution in [0.2, 0.25) is 0 Å². The topological polar surface area (TPSA) is 54.0 Å². The van der Waals surface area contributed by atoms with Crippen molar-refractivity contribution in [1.29, 1.82) is 0 Å². The molecule has 1 heterocycles. The summed E-state index contributed by atoms with van der Waals surface area (Å²) in [6, 6.07) is 3.81. The van der Waals surface area contributed by atoms with E-state index in [-0.39, 0.29) is 5.91 Å². The van der Waals surface area contributed by atoms with Crippen molar-refractivity contribution in [2.24, 2.45) is 0 Å². The molecule has 0 spiro atoms. The van der Waals surface area contributed by atoms with Gasteiger partial charge in [0.2, 0.25) is 5.91 Å². The molecular weight excluding hydrogens is 226 g/mol. The highest BCUT2D eigenvalue weighted by Crippen LogP contribution is 1.95. The van der Waals surface area contributed by atoms with Crippen LogP contribution in [0.3, 0.4) is 0 Å². The molecule has 0 aliphatic carbocycles. The second-order valence-corrected chi connectivity index (χ2v) is 4.34. The minimum Gasteiger partial charge on any atom is -0.352 e. The van der Waals surface area contributed by atoms with Crippen LogP contribution in [-0.2, 0) is 11.3 Å². The van der Waals surface area contributed by atoms with E-state index in [9.17, 15) is 4.79 Å². The van der Waals surface area contributed by atoms with E-state index in [2.05, 4.69) is 22.5 Å². The molecule has 4 heteroatoms. The van der Waals surface area contributed by atoms with Crippen molar-refractivity contribution in [2.75, 3.05) is 13.1 Å². The van der Waals surface area contributed by atoms with Gasteiger partial charge in [-0.05, 0) is 30.7 Å². The van der Waals surface area contributed by atoms with E-state index < -0.39 is 0 Å². The molecule has 100 valence electrons. The number of nitrogens with one attached hydrogen (secondary N) is 2. The number of hydrogen-bond acceptors (Lipinski definition) is 3. The molecule has 2 N–H and O–H groups in total. The standard InChI is InChI=1S/C14H23N3O/c1-2-3-4-8-15-11-7-14(18)17-12-13-5-9-16-10-6-13/h5-6,9-10,15H,2-4,7-8,11-12H2,1H3,(H,17,18). The Balaban J connectivity index is 2.01. The average Bonchev–Trinajstić information content (AvgIpc) is 2.41. The number of aromatic nitrogens is 1. The highest BCUT2D eigenvalue weighted by atomic mass is 16.1. The van der Waals surface area contributed by atoms with Crippen LogP contribution in [0, 0.1) is 0 Å². The zero-order chi connectivity index (χ0) is 13.1. The third kappa shape index (κ3) is 7.01. The first kappa shape index (κ1) is 14.6. The van der Waals surface area contributed by atoms with E-state index in [4.69, 9.17) is 0 Å². The lowest BCUT2D eigenvalue weighted by atomic mass is 10.2. The Kier molecular flexibility index (Phi) is 7.80. The Bertz CT molecular complexity index is 327. The van der Waals surface area contributed by atoms with Crippen LogP contribution >= 0.6 is 0 Å². The van der Waals surface area contributed by atoms with Crippen molar-refractivity contribution in [3.63, 3.8) is 0 Å². The lowest BCUT2D eigenvalue weighted by Crippen LogP contribution is -2.27. The van der Waals surface area contributed by atoms with Gasteiger partial charge < -0.3 is 10.6 Å². The molecule has 0 aromatic carbocycles. The van der Waals surface area contributed by atoms with Gasteiger partial charge in [-0.25, -0.2) is 0 Å². The van der Waals surface area contributed by atoms with Gasteiger partial charge in [-0.2, -0.15) is 0 Å². The molecule has 4 nitrogen and oxygen atoms in total. The molecule has 1 aromatic heterocycles. The summed E-state index contributed by atoms with van der Waals surface area (Å²) in [5.41, 5.74) is 1.08. The van der Waals surface area contributed by atoms with Gasteiger partial charge in [0.05, 0.1) is 0 Å². The van der Waals surface area contributed by atoms with E-state index in [1.165, 1.54) is 19.3 Å². The second-order valence-electron chi connectivity index (χ2n) is 4.34. The van der Waals surface area contributed by atoms with Gasteiger partial charge >= 0.3 is 0 Å². The fraction of sp³-hybridized carbons (Fsp3) is 0.571. The molecule has 1 rings (SSSR count). The molecule has 0 saturated heterocycles. The third-order valence-corrected chi connectivity index (χ3v) is 2.72. The third-order valence-electron chi connectivity index (χ3n) is 2.72. The maximum atomic E-state index is 11.5. The summed E-state index contributed by atoms with van der Waals surface area (Å²) in [5.74, 6) is 0.0924. The van der Waals surface area contributed by atoms with E-state index in [0.717, 1.165) is 18.7 Å². The Morgan fingerprint density at radius 3 is 2.72 bits per heavy atom. The number of amides is 1. The van der Waals surface area contributed by atoms with Crippen molar-refractivity contribution >= 4 is 5.91 Å². The summed E-state index contributed by atoms with van der Waals surface area (Å²) < 4.78 is 0. The second kappa shape index (κ2) is 9.59. The summed E-state index contributed by atoms with van der Waals surface area (Å²) in [4.78, 5) is 15.5. The van der Waals surface area contributed by atoms with Gasteiger partial charge in [0.1, 0.15) is 0 Å². The zero-order valence-corrected chi connectivity index (χ0v) is 11.1. The highest BCUT2D eigenvalue weighted by Gasteiger charge is 2.00. The molecule has 1 aromatic rings. The molecule has 0 radical (unpaired) electrons. The molecular formula is C14H23N3O. The van der Waals surface area contributed by atoms with Crippen molar-refractivity contribution in [3.05, 3.63) is 30.1 Å². The first-order chi connectivity index (χ1) is 8.83. The van der Waals surface area contributed by atoms with Crippen molar-refractivity contribution in [1.82, 2.24) is 15.6 Å². The van der Waals surface area contributed by atoms with Gasteiger partial charge in [-0.1, -0.05) is 19.8 Å². The smallest absolute Gasteiger partial charge is 0.221 e. The zero-order valence-electron chi connectivity index (χ0n) is 11.1. The number of nitrogens with zero attached hydrogens (tertiary/aromatic N) is 1. The van der Waals surface area contributed by atoms with Crippen LogP contribution in [0.5, 0.6) is 0 Å². The molecule has 18 heavy (non-hydrogen) atoms. The van der Waals surface area contributed by atoms with E-state index in [1.54, 1.807) is 12.4 Å².